The molecule has 0 aliphatic rings. The van der Waals surface area contributed by atoms with E-state index < -0.39 is 0 Å². The molecule has 0 spiro atoms. The van der Waals surface area contributed by atoms with Crippen molar-refractivity contribution in [1.29, 1.82) is 0 Å². The average molecular weight is 265 g/mol. The molecular weight excluding hydrogens is 240 g/mol. The summed E-state index contributed by atoms with van der Waals surface area (Å²) in [6, 6.07) is 0. The SMILES string of the molecule is CCN(CC)CCN(C)C(C)(C)CBr. The van der Waals surface area contributed by atoms with Crippen molar-refractivity contribution in [2.45, 2.75) is 33.2 Å². The smallest absolute Gasteiger partial charge is 0.0247 e. The zero-order chi connectivity index (χ0) is 11.2. The maximum absolute atomic E-state index is 3.56. The lowest BCUT2D eigenvalue weighted by Crippen LogP contribution is -2.46. The van der Waals surface area contributed by atoms with Gasteiger partial charge in [0, 0.05) is 24.0 Å². The first kappa shape index (κ1) is 14.4. The second kappa shape index (κ2) is 6.81. The van der Waals surface area contributed by atoms with E-state index in [1.807, 2.05) is 0 Å². The number of likely N-dealkylation sites (N-methyl/N-ethyl adjacent to an activating group) is 2. The molecular formula is C11H25BrN2. The summed E-state index contributed by atoms with van der Waals surface area (Å²) in [5, 5.41) is 1.02. The van der Waals surface area contributed by atoms with Gasteiger partial charge in [-0.3, -0.25) is 4.90 Å². The Morgan fingerprint density at radius 2 is 1.57 bits per heavy atom. The van der Waals surface area contributed by atoms with Gasteiger partial charge in [0.2, 0.25) is 0 Å². The number of hydrogen-bond donors (Lipinski definition) is 0. The minimum absolute atomic E-state index is 0.257. The summed E-state index contributed by atoms with van der Waals surface area (Å²) >= 11 is 3.56. The van der Waals surface area contributed by atoms with Crippen molar-refractivity contribution in [1.82, 2.24) is 9.80 Å². The van der Waals surface area contributed by atoms with Crippen LogP contribution in [0.1, 0.15) is 27.7 Å². The second-order valence-corrected chi connectivity index (χ2v) is 4.96. The lowest BCUT2D eigenvalue weighted by molar-refractivity contribution is 0.154. The quantitative estimate of drug-likeness (QED) is 0.652. The van der Waals surface area contributed by atoms with Gasteiger partial charge in [-0.25, -0.2) is 0 Å². The molecule has 0 N–H and O–H groups in total. The molecule has 14 heavy (non-hydrogen) atoms. The third-order valence-corrected chi connectivity index (χ3v) is 4.38. The van der Waals surface area contributed by atoms with Crippen LogP contribution in [0.15, 0.2) is 0 Å². The topological polar surface area (TPSA) is 6.48 Å². The maximum Gasteiger partial charge on any atom is 0.0247 e. The van der Waals surface area contributed by atoms with E-state index in [-0.39, 0.29) is 5.54 Å². The van der Waals surface area contributed by atoms with E-state index in [0.29, 0.717) is 0 Å². The van der Waals surface area contributed by atoms with Crippen LogP contribution in [0.25, 0.3) is 0 Å². The molecule has 0 rings (SSSR count). The first-order chi connectivity index (χ1) is 6.47. The standard InChI is InChI=1S/C11H25BrN2/c1-6-14(7-2)9-8-13(5)11(3,4)10-12/h6-10H2,1-5H3. The molecule has 0 amide bonds. The first-order valence-electron chi connectivity index (χ1n) is 5.47. The summed E-state index contributed by atoms with van der Waals surface area (Å²) in [5.74, 6) is 0. The van der Waals surface area contributed by atoms with Crippen LogP contribution < -0.4 is 0 Å². The Hall–Kier alpha value is 0.400. The normalized spacial score (nSPS) is 12.9. The van der Waals surface area contributed by atoms with Crippen LogP contribution in [0.3, 0.4) is 0 Å². The van der Waals surface area contributed by atoms with Gasteiger partial charge < -0.3 is 4.90 Å². The van der Waals surface area contributed by atoms with E-state index in [1.165, 1.54) is 6.54 Å². The minimum atomic E-state index is 0.257. The van der Waals surface area contributed by atoms with Crippen LogP contribution in [0, 0.1) is 0 Å². The summed E-state index contributed by atoms with van der Waals surface area (Å²) in [5.41, 5.74) is 0.257. The Kier molecular flexibility index (Phi) is 7.00. The predicted molar refractivity (Wildman–Crippen MR) is 68.3 cm³/mol. The van der Waals surface area contributed by atoms with Crippen molar-refractivity contribution in [2.75, 3.05) is 38.6 Å². The van der Waals surface area contributed by atoms with E-state index in [9.17, 15) is 0 Å². The van der Waals surface area contributed by atoms with Crippen LogP contribution >= 0.6 is 15.9 Å². The maximum atomic E-state index is 3.56. The summed E-state index contributed by atoms with van der Waals surface area (Å²) < 4.78 is 0. The fourth-order valence-corrected chi connectivity index (χ4v) is 1.66. The van der Waals surface area contributed by atoms with Crippen molar-refractivity contribution in [3.63, 3.8) is 0 Å². The summed E-state index contributed by atoms with van der Waals surface area (Å²) in [4.78, 5) is 4.88. The van der Waals surface area contributed by atoms with Crippen molar-refractivity contribution in [2.24, 2.45) is 0 Å². The van der Waals surface area contributed by atoms with Gasteiger partial charge in [-0.2, -0.15) is 0 Å². The third kappa shape index (κ3) is 4.76. The van der Waals surface area contributed by atoms with Gasteiger partial charge in [0.05, 0.1) is 0 Å². The summed E-state index contributed by atoms with van der Waals surface area (Å²) in [6.45, 7) is 13.6. The molecule has 0 aliphatic heterocycles. The van der Waals surface area contributed by atoms with Crippen LogP contribution in [-0.2, 0) is 0 Å². The Bertz CT molecular complexity index is 144. The highest BCUT2D eigenvalue weighted by molar-refractivity contribution is 9.09. The highest BCUT2D eigenvalue weighted by atomic mass is 79.9. The van der Waals surface area contributed by atoms with E-state index >= 15 is 0 Å². The van der Waals surface area contributed by atoms with Crippen LogP contribution in [-0.4, -0.2) is 53.9 Å². The van der Waals surface area contributed by atoms with Gasteiger partial charge in [0.1, 0.15) is 0 Å². The molecule has 0 atom stereocenters. The summed E-state index contributed by atoms with van der Waals surface area (Å²) in [6.07, 6.45) is 0. The van der Waals surface area contributed by atoms with Gasteiger partial charge in [-0.15, -0.1) is 0 Å². The van der Waals surface area contributed by atoms with Crippen molar-refractivity contribution in [3.8, 4) is 0 Å². The molecule has 0 saturated heterocycles. The van der Waals surface area contributed by atoms with Crippen molar-refractivity contribution < 1.29 is 0 Å². The molecule has 86 valence electrons. The molecule has 0 unspecified atom stereocenters. The average Bonchev–Trinajstić information content (AvgIpc) is 2.19. The van der Waals surface area contributed by atoms with Crippen molar-refractivity contribution in [3.05, 3.63) is 0 Å². The lowest BCUT2D eigenvalue weighted by atomic mass is 10.1. The Morgan fingerprint density at radius 3 is 1.93 bits per heavy atom. The third-order valence-electron chi connectivity index (χ3n) is 3.01. The minimum Gasteiger partial charge on any atom is -0.303 e. The molecule has 0 saturated carbocycles. The predicted octanol–water partition coefficient (Wildman–Crippen LogP) is 2.43. The van der Waals surface area contributed by atoms with E-state index in [2.05, 4.69) is 60.5 Å². The molecule has 0 heterocycles. The molecule has 0 aromatic rings. The largest absolute Gasteiger partial charge is 0.303 e. The first-order valence-corrected chi connectivity index (χ1v) is 6.59. The van der Waals surface area contributed by atoms with Gasteiger partial charge in [0.25, 0.3) is 0 Å². The van der Waals surface area contributed by atoms with Crippen LogP contribution in [0.5, 0.6) is 0 Å². The zero-order valence-corrected chi connectivity index (χ0v) is 11.9. The van der Waals surface area contributed by atoms with Crippen LogP contribution in [0.2, 0.25) is 0 Å². The fourth-order valence-electron chi connectivity index (χ4n) is 1.24. The van der Waals surface area contributed by atoms with E-state index in [1.54, 1.807) is 0 Å². The Balaban J connectivity index is 3.88. The molecule has 0 bridgehead atoms. The number of hydrogen-bond acceptors (Lipinski definition) is 2. The van der Waals surface area contributed by atoms with Crippen molar-refractivity contribution >= 4 is 15.9 Å². The van der Waals surface area contributed by atoms with Gasteiger partial charge in [-0.05, 0) is 34.0 Å². The molecule has 0 aromatic carbocycles. The highest BCUT2D eigenvalue weighted by Crippen LogP contribution is 2.14. The molecule has 3 heteroatoms. The van der Waals surface area contributed by atoms with E-state index in [0.717, 1.165) is 25.0 Å². The Labute approximate surface area is 97.8 Å². The van der Waals surface area contributed by atoms with E-state index in [4.69, 9.17) is 0 Å². The monoisotopic (exact) mass is 264 g/mol. The number of alkyl halides is 1. The molecule has 0 fully saturated rings. The molecule has 0 radical (unpaired) electrons. The summed E-state index contributed by atoms with van der Waals surface area (Å²) in [7, 11) is 2.20. The van der Waals surface area contributed by atoms with Gasteiger partial charge in [0.15, 0.2) is 0 Å². The molecule has 2 nitrogen and oxygen atoms in total. The number of rotatable bonds is 7. The van der Waals surface area contributed by atoms with Gasteiger partial charge >= 0.3 is 0 Å². The number of halogens is 1. The van der Waals surface area contributed by atoms with Crippen LogP contribution in [0.4, 0.5) is 0 Å². The molecule has 0 aromatic heterocycles. The Morgan fingerprint density at radius 1 is 1.07 bits per heavy atom. The number of nitrogens with zero attached hydrogens (tertiary/aromatic N) is 2. The highest BCUT2D eigenvalue weighted by Gasteiger charge is 2.21. The fraction of sp³-hybridized carbons (Fsp3) is 1.00. The second-order valence-electron chi connectivity index (χ2n) is 4.39. The molecule has 0 aliphatic carbocycles. The zero-order valence-electron chi connectivity index (χ0n) is 10.3. The van der Waals surface area contributed by atoms with Gasteiger partial charge in [-0.1, -0.05) is 29.8 Å². The lowest BCUT2D eigenvalue weighted by Gasteiger charge is -2.35.